The first kappa shape index (κ1) is 26.0. The van der Waals surface area contributed by atoms with Gasteiger partial charge in [-0.2, -0.15) is 0 Å². The fraction of sp³-hybridized carbons (Fsp3) is 0.357. The van der Waals surface area contributed by atoms with Crippen molar-refractivity contribution in [1.82, 2.24) is 5.32 Å². The van der Waals surface area contributed by atoms with Crippen molar-refractivity contribution in [1.29, 1.82) is 0 Å². The minimum atomic E-state index is -1.98. The van der Waals surface area contributed by atoms with Crippen molar-refractivity contribution in [3.05, 3.63) is 71.6 Å². The van der Waals surface area contributed by atoms with E-state index in [-0.39, 0.29) is 37.6 Å². The highest BCUT2D eigenvalue weighted by atomic mass is 35.5. The van der Waals surface area contributed by atoms with Crippen LogP contribution in [0.4, 0.5) is 10.1 Å². The lowest BCUT2D eigenvalue weighted by molar-refractivity contribution is -0.127. The van der Waals surface area contributed by atoms with Crippen molar-refractivity contribution in [2.24, 2.45) is 17.8 Å². The molecule has 2 heterocycles. The first-order valence-electron chi connectivity index (χ1n) is 12.5. The number of carbonyl (C=O) groups is 4. The van der Waals surface area contributed by atoms with Crippen LogP contribution in [0.2, 0.25) is 0 Å². The van der Waals surface area contributed by atoms with Gasteiger partial charge in [-0.25, -0.2) is 9.29 Å². The van der Waals surface area contributed by atoms with Crippen molar-refractivity contribution < 1.29 is 33.4 Å². The monoisotopic (exact) mass is 572 g/mol. The van der Waals surface area contributed by atoms with Crippen LogP contribution in [-0.2, 0) is 19.2 Å². The minimum Gasteiger partial charge on any atom is -0.491 e. The Morgan fingerprint density at radius 1 is 0.974 bits per heavy atom. The summed E-state index contributed by atoms with van der Waals surface area (Å²) in [6.45, 7) is -0.0796. The first-order valence-corrected chi connectivity index (χ1v) is 13.3. The largest absolute Gasteiger partial charge is 0.491 e. The summed E-state index contributed by atoms with van der Waals surface area (Å²) in [4.78, 5) is 50.5. The van der Waals surface area contributed by atoms with Crippen LogP contribution in [0.1, 0.15) is 24.3 Å². The van der Waals surface area contributed by atoms with Crippen LogP contribution < -0.4 is 15.0 Å². The number of halogens is 3. The molecule has 11 heteroatoms. The number of carbonyl (C=O) groups excluding carboxylic acids is 4. The Morgan fingerprint density at radius 3 is 2.33 bits per heavy atom. The van der Waals surface area contributed by atoms with Gasteiger partial charge in [0.1, 0.15) is 18.2 Å². The highest BCUT2D eigenvalue weighted by molar-refractivity contribution is 6.58. The molecule has 2 aromatic rings. The predicted octanol–water partition coefficient (Wildman–Crippen LogP) is 3.05. The molecule has 0 spiro atoms. The average Bonchev–Trinajstić information content (AvgIpc) is 3.29. The van der Waals surface area contributed by atoms with Crippen LogP contribution in [0.5, 0.6) is 5.75 Å². The molecule has 6 atom stereocenters. The number of benzene rings is 2. The number of hydrogen-bond donors (Lipinski definition) is 2. The Kier molecular flexibility index (Phi) is 6.09. The molecule has 2 saturated heterocycles. The number of allylic oxidation sites excluding steroid dienone is 2. The molecule has 2 aliphatic carbocycles. The molecule has 2 N–H and O–H groups in total. The number of amides is 4. The molecule has 39 heavy (non-hydrogen) atoms. The smallest absolute Gasteiger partial charge is 0.258 e. The molecule has 1 saturated carbocycles. The van der Waals surface area contributed by atoms with Crippen molar-refractivity contribution in [2.45, 2.75) is 28.5 Å². The van der Waals surface area contributed by atoms with Gasteiger partial charge < -0.3 is 9.84 Å². The van der Waals surface area contributed by atoms with Gasteiger partial charge >= 0.3 is 0 Å². The number of aliphatic hydroxyl groups excluding tert-OH is 1. The lowest BCUT2D eigenvalue weighted by atomic mass is 9.56. The normalized spacial score (nSPS) is 33.3. The molecule has 6 rings (SSSR count). The van der Waals surface area contributed by atoms with E-state index in [9.17, 15) is 23.6 Å². The van der Waals surface area contributed by atoms with E-state index in [4.69, 9.17) is 33.0 Å². The van der Waals surface area contributed by atoms with E-state index in [2.05, 4.69) is 5.32 Å². The zero-order valence-electron chi connectivity index (χ0n) is 20.4. The van der Waals surface area contributed by atoms with E-state index in [1.807, 2.05) is 6.08 Å². The van der Waals surface area contributed by atoms with Gasteiger partial charge in [-0.1, -0.05) is 23.8 Å². The number of rotatable bonds is 5. The third-order valence-corrected chi connectivity index (χ3v) is 9.73. The molecular weight excluding hydrogens is 550 g/mol. The van der Waals surface area contributed by atoms with Crippen molar-refractivity contribution in [3.8, 4) is 5.75 Å². The summed E-state index contributed by atoms with van der Waals surface area (Å²) in [7, 11) is 0. The zero-order valence-corrected chi connectivity index (χ0v) is 21.9. The Hall–Kier alpha value is -3.27. The number of nitrogens with one attached hydrogen (secondary N) is 1. The summed E-state index contributed by atoms with van der Waals surface area (Å²) < 4.78 is 19.1. The fourth-order valence-corrected chi connectivity index (χ4v) is 7.54. The molecule has 4 amide bonds. The van der Waals surface area contributed by atoms with Crippen LogP contribution >= 0.6 is 23.2 Å². The van der Waals surface area contributed by atoms with Crippen LogP contribution in [-0.4, -0.2) is 51.7 Å². The summed E-state index contributed by atoms with van der Waals surface area (Å²) in [6, 6.07) is 11.6. The number of aliphatic hydroxyl groups is 1. The molecule has 202 valence electrons. The number of nitrogens with zero attached hydrogens (tertiary/aromatic N) is 1. The van der Waals surface area contributed by atoms with Crippen molar-refractivity contribution in [3.63, 3.8) is 0 Å². The summed E-state index contributed by atoms with van der Waals surface area (Å²) in [6.07, 6.45) is 1.97. The average molecular weight is 573 g/mol. The molecule has 4 aliphatic rings. The highest BCUT2D eigenvalue weighted by Gasteiger charge is 2.76. The number of fused-ring (bicyclic) bond motifs is 4. The van der Waals surface area contributed by atoms with E-state index in [0.29, 0.717) is 16.9 Å². The second-order valence-electron chi connectivity index (χ2n) is 10.2. The number of imide groups is 2. The molecule has 0 radical (unpaired) electrons. The standard InChI is InChI=1S/C28H23Cl2FN2O6/c29-27-13-20-18(9-10-19-21(20)24(36)32-23(19)35)22(14-1-7-17(8-2-14)39-12-11-34)28(27,30)26(38)33(25(27)37)16-5-3-15(31)4-6-16/h1-9,19-22,34H,10-13H2,(H,32,35,36)/t19-,20+,21-,22-,27+,28-/m0/s1. The van der Waals surface area contributed by atoms with Gasteiger partial charge in [0.05, 0.1) is 24.1 Å². The topological polar surface area (TPSA) is 113 Å². The zero-order chi connectivity index (χ0) is 27.7. The van der Waals surface area contributed by atoms with E-state index in [1.54, 1.807) is 24.3 Å². The third kappa shape index (κ3) is 3.59. The van der Waals surface area contributed by atoms with Crippen molar-refractivity contribution in [2.75, 3.05) is 18.1 Å². The first-order chi connectivity index (χ1) is 18.6. The predicted molar refractivity (Wildman–Crippen MR) is 139 cm³/mol. The lowest BCUT2D eigenvalue weighted by Gasteiger charge is -2.50. The molecular formula is C28H23Cl2FN2O6. The van der Waals surface area contributed by atoms with Gasteiger partial charge in [-0.3, -0.25) is 24.5 Å². The van der Waals surface area contributed by atoms with E-state index in [1.165, 1.54) is 12.1 Å². The van der Waals surface area contributed by atoms with Crippen LogP contribution in [0, 0.1) is 23.6 Å². The van der Waals surface area contributed by atoms with E-state index in [0.717, 1.165) is 17.0 Å². The Morgan fingerprint density at radius 2 is 1.67 bits per heavy atom. The molecule has 0 bridgehead atoms. The van der Waals surface area contributed by atoms with Gasteiger partial charge in [0.2, 0.25) is 11.8 Å². The maximum absolute atomic E-state index is 14.2. The molecule has 2 aliphatic heterocycles. The summed E-state index contributed by atoms with van der Waals surface area (Å²) in [5, 5.41) is 11.5. The maximum atomic E-state index is 14.2. The van der Waals surface area contributed by atoms with Crippen LogP contribution in [0.3, 0.4) is 0 Å². The second kappa shape index (κ2) is 9.15. The minimum absolute atomic E-state index is 0.0893. The molecule has 8 nitrogen and oxygen atoms in total. The maximum Gasteiger partial charge on any atom is 0.258 e. The molecule has 3 fully saturated rings. The highest BCUT2D eigenvalue weighted by Crippen LogP contribution is 2.65. The number of alkyl halides is 2. The third-order valence-electron chi connectivity index (χ3n) is 8.31. The Balaban J connectivity index is 1.52. The molecule has 2 aromatic carbocycles. The van der Waals surface area contributed by atoms with E-state index >= 15 is 0 Å². The number of ether oxygens (including phenoxy) is 1. The van der Waals surface area contributed by atoms with Crippen LogP contribution in [0.15, 0.2) is 60.2 Å². The fourth-order valence-electron chi connectivity index (χ4n) is 6.60. The summed E-state index contributed by atoms with van der Waals surface area (Å²) in [5.41, 5.74) is 1.35. The van der Waals surface area contributed by atoms with Crippen molar-refractivity contribution >= 4 is 52.5 Å². The Bertz CT molecular complexity index is 1430. The quantitative estimate of drug-likeness (QED) is 0.323. The van der Waals surface area contributed by atoms with Gasteiger partial charge in [0, 0.05) is 5.92 Å². The van der Waals surface area contributed by atoms with Gasteiger partial charge in [0.15, 0.2) is 9.75 Å². The molecule has 0 aromatic heterocycles. The van der Waals surface area contributed by atoms with Gasteiger partial charge in [-0.05, 0) is 60.7 Å². The SMILES string of the molecule is O=C1NC(=O)[C@H]2CC=C3[C@@H](C[C@@]4(Cl)C(=O)N(c5ccc(F)cc5)C(=O)[C@@]4(Cl)[C@H]3c3ccc(OCCO)cc3)[C@@H]12. The Labute approximate surface area is 232 Å². The number of hydrogen-bond acceptors (Lipinski definition) is 6. The summed E-state index contributed by atoms with van der Waals surface area (Å²) >= 11 is 14.5. The number of anilines is 1. The van der Waals surface area contributed by atoms with Gasteiger partial charge in [0.25, 0.3) is 11.8 Å². The lowest BCUT2D eigenvalue weighted by Crippen LogP contribution is -2.60. The summed E-state index contributed by atoms with van der Waals surface area (Å²) in [5.74, 6) is -5.33. The van der Waals surface area contributed by atoms with Crippen LogP contribution in [0.25, 0.3) is 0 Å². The van der Waals surface area contributed by atoms with Gasteiger partial charge in [-0.15, -0.1) is 23.2 Å². The second-order valence-corrected chi connectivity index (χ2v) is 11.5. The van der Waals surface area contributed by atoms with E-state index < -0.39 is 57.0 Å². The molecule has 0 unspecified atom stereocenters.